The molecular formula is C8H16O4. The second-order valence-corrected chi connectivity index (χ2v) is 3.72. The summed E-state index contributed by atoms with van der Waals surface area (Å²) in [6.45, 7) is 6.71. The Morgan fingerprint density at radius 2 is 1.08 bits per heavy atom. The molecule has 0 fully saturated rings. The summed E-state index contributed by atoms with van der Waals surface area (Å²) in [5, 5.41) is 16.8. The van der Waals surface area contributed by atoms with Gasteiger partial charge in [0.1, 0.15) is 11.2 Å². The molecule has 0 aliphatic rings. The van der Waals surface area contributed by atoms with Crippen LogP contribution in [0.2, 0.25) is 0 Å². The Balaban J connectivity index is 4.23. The molecule has 4 heteroatoms. The zero-order valence-electron chi connectivity index (χ0n) is 7.87. The molecule has 0 atom stereocenters. The highest BCUT2D eigenvalue weighted by Crippen LogP contribution is 2.15. The average Bonchev–Trinajstić information content (AvgIpc) is 2.02. The SMILES string of the molecule is CC(C)(C=CC(C)(C)OO)OO. The van der Waals surface area contributed by atoms with Crippen molar-refractivity contribution in [2.75, 3.05) is 0 Å². The van der Waals surface area contributed by atoms with Crippen LogP contribution >= 0.6 is 0 Å². The highest BCUT2D eigenvalue weighted by Gasteiger charge is 2.19. The molecule has 0 amide bonds. The van der Waals surface area contributed by atoms with Crippen LogP contribution in [0.3, 0.4) is 0 Å². The van der Waals surface area contributed by atoms with Crippen LogP contribution in [0.15, 0.2) is 12.2 Å². The standard InChI is InChI=1S/C8H16O4/c1-7(2,11-9)5-6-8(3,4)12-10/h5-6,9-10H,1-4H3. The molecule has 0 aromatic carbocycles. The van der Waals surface area contributed by atoms with Gasteiger partial charge in [0.05, 0.1) is 0 Å². The first-order chi connectivity index (χ1) is 5.33. The maximum absolute atomic E-state index is 8.41. The van der Waals surface area contributed by atoms with E-state index in [9.17, 15) is 0 Å². The van der Waals surface area contributed by atoms with Crippen LogP contribution in [0.1, 0.15) is 27.7 Å². The van der Waals surface area contributed by atoms with Crippen LogP contribution in [0.25, 0.3) is 0 Å². The fraction of sp³-hybridized carbons (Fsp3) is 0.750. The normalized spacial score (nSPS) is 14.2. The van der Waals surface area contributed by atoms with Gasteiger partial charge in [-0.1, -0.05) is 12.2 Å². The molecule has 0 rings (SSSR count). The van der Waals surface area contributed by atoms with Crippen molar-refractivity contribution < 1.29 is 20.3 Å². The molecule has 2 N–H and O–H groups in total. The molecule has 0 heterocycles. The Kier molecular flexibility index (Phi) is 3.86. The molecule has 0 aromatic rings. The molecular weight excluding hydrogens is 160 g/mol. The Labute approximate surface area is 72.3 Å². The molecule has 12 heavy (non-hydrogen) atoms. The minimum atomic E-state index is -0.768. The summed E-state index contributed by atoms with van der Waals surface area (Å²) >= 11 is 0. The predicted molar refractivity (Wildman–Crippen MR) is 44.7 cm³/mol. The van der Waals surface area contributed by atoms with Crippen molar-refractivity contribution in [2.24, 2.45) is 0 Å². The Morgan fingerprint density at radius 3 is 1.25 bits per heavy atom. The fourth-order valence-corrected chi connectivity index (χ4v) is 0.462. The Bertz CT molecular complexity index is 142. The van der Waals surface area contributed by atoms with Crippen molar-refractivity contribution >= 4 is 0 Å². The van der Waals surface area contributed by atoms with Gasteiger partial charge >= 0.3 is 0 Å². The lowest BCUT2D eigenvalue weighted by Gasteiger charge is -2.19. The first-order valence-corrected chi connectivity index (χ1v) is 3.68. The van der Waals surface area contributed by atoms with E-state index in [1.165, 1.54) is 0 Å². The van der Waals surface area contributed by atoms with Gasteiger partial charge in [-0.3, -0.25) is 10.5 Å². The van der Waals surface area contributed by atoms with Crippen molar-refractivity contribution in [1.29, 1.82) is 0 Å². The molecule has 72 valence electrons. The quantitative estimate of drug-likeness (QED) is 0.391. The Morgan fingerprint density at radius 1 is 0.833 bits per heavy atom. The summed E-state index contributed by atoms with van der Waals surface area (Å²) in [7, 11) is 0. The van der Waals surface area contributed by atoms with E-state index in [2.05, 4.69) is 9.78 Å². The van der Waals surface area contributed by atoms with Crippen molar-refractivity contribution in [3.8, 4) is 0 Å². The summed E-state index contributed by atoms with van der Waals surface area (Å²) in [6, 6.07) is 0. The molecule has 0 aliphatic heterocycles. The first-order valence-electron chi connectivity index (χ1n) is 3.68. The third kappa shape index (κ3) is 4.46. The van der Waals surface area contributed by atoms with Crippen LogP contribution < -0.4 is 0 Å². The highest BCUT2D eigenvalue weighted by molar-refractivity contribution is 5.03. The summed E-state index contributed by atoms with van der Waals surface area (Å²) < 4.78 is 0. The molecule has 0 aromatic heterocycles. The zero-order chi connectivity index (χ0) is 9.83. The number of rotatable bonds is 4. The fourth-order valence-electron chi connectivity index (χ4n) is 0.462. The lowest BCUT2D eigenvalue weighted by molar-refractivity contribution is -0.302. The molecule has 4 nitrogen and oxygen atoms in total. The van der Waals surface area contributed by atoms with Crippen LogP contribution in [0, 0.1) is 0 Å². The smallest absolute Gasteiger partial charge is 0.116 e. The van der Waals surface area contributed by atoms with Crippen LogP contribution in [-0.4, -0.2) is 21.7 Å². The van der Waals surface area contributed by atoms with E-state index in [-0.39, 0.29) is 0 Å². The van der Waals surface area contributed by atoms with Gasteiger partial charge < -0.3 is 0 Å². The first kappa shape index (κ1) is 11.6. The lowest BCUT2D eigenvalue weighted by atomic mass is 10.0. The summed E-state index contributed by atoms with van der Waals surface area (Å²) in [4.78, 5) is 8.31. The van der Waals surface area contributed by atoms with Crippen molar-refractivity contribution in [3.63, 3.8) is 0 Å². The van der Waals surface area contributed by atoms with E-state index < -0.39 is 11.2 Å². The Hall–Kier alpha value is -0.420. The van der Waals surface area contributed by atoms with Gasteiger partial charge in [0.2, 0.25) is 0 Å². The van der Waals surface area contributed by atoms with Gasteiger partial charge in [-0.25, -0.2) is 9.78 Å². The van der Waals surface area contributed by atoms with Crippen molar-refractivity contribution in [3.05, 3.63) is 12.2 Å². The third-order valence-corrected chi connectivity index (χ3v) is 1.36. The second kappa shape index (κ2) is 4.00. The van der Waals surface area contributed by atoms with Crippen LogP contribution in [-0.2, 0) is 9.78 Å². The maximum atomic E-state index is 8.41. The summed E-state index contributed by atoms with van der Waals surface area (Å²) in [5.41, 5.74) is -1.54. The van der Waals surface area contributed by atoms with Gasteiger partial charge in [-0.15, -0.1) is 0 Å². The van der Waals surface area contributed by atoms with E-state index >= 15 is 0 Å². The summed E-state index contributed by atoms with van der Waals surface area (Å²) in [5.74, 6) is 0. The maximum Gasteiger partial charge on any atom is 0.116 e. The molecule has 0 saturated carbocycles. The molecule has 0 aliphatic carbocycles. The molecule has 0 unspecified atom stereocenters. The van der Waals surface area contributed by atoms with Gasteiger partial charge in [-0.2, -0.15) is 0 Å². The van der Waals surface area contributed by atoms with Gasteiger partial charge in [-0.05, 0) is 27.7 Å². The van der Waals surface area contributed by atoms with Gasteiger partial charge in [0, 0.05) is 0 Å². The molecule has 0 saturated heterocycles. The van der Waals surface area contributed by atoms with Crippen molar-refractivity contribution in [1.82, 2.24) is 0 Å². The van der Waals surface area contributed by atoms with E-state index in [0.717, 1.165) is 0 Å². The van der Waals surface area contributed by atoms with Gasteiger partial charge in [0.15, 0.2) is 0 Å². The molecule has 0 spiro atoms. The predicted octanol–water partition coefficient (Wildman–Crippen LogP) is 2.08. The number of hydrogen-bond donors (Lipinski definition) is 2. The van der Waals surface area contributed by atoms with Crippen LogP contribution in [0.4, 0.5) is 0 Å². The zero-order valence-corrected chi connectivity index (χ0v) is 7.87. The average molecular weight is 176 g/mol. The van der Waals surface area contributed by atoms with E-state index in [1.807, 2.05) is 0 Å². The second-order valence-electron chi connectivity index (χ2n) is 3.72. The van der Waals surface area contributed by atoms with Gasteiger partial charge in [0.25, 0.3) is 0 Å². The number of hydrogen-bond acceptors (Lipinski definition) is 4. The van der Waals surface area contributed by atoms with E-state index in [0.29, 0.717) is 0 Å². The summed E-state index contributed by atoms with van der Waals surface area (Å²) in [6.07, 6.45) is 3.20. The largest absolute Gasteiger partial charge is 0.251 e. The molecule has 0 radical (unpaired) electrons. The van der Waals surface area contributed by atoms with E-state index in [1.54, 1.807) is 39.8 Å². The van der Waals surface area contributed by atoms with E-state index in [4.69, 9.17) is 10.5 Å². The van der Waals surface area contributed by atoms with Crippen LogP contribution in [0.5, 0.6) is 0 Å². The minimum Gasteiger partial charge on any atom is -0.251 e. The minimum absolute atomic E-state index is 0.768. The molecule has 0 bridgehead atoms. The monoisotopic (exact) mass is 176 g/mol. The highest BCUT2D eigenvalue weighted by atomic mass is 17.1. The lowest BCUT2D eigenvalue weighted by Crippen LogP contribution is -2.24. The van der Waals surface area contributed by atoms with Crippen molar-refractivity contribution in [2.45, 2.75) is 38.9 Å². The topological polar surface area (TPSA) is 58.9 Å². The third-order valence-electron chi connectivity index (χ3n) is 1.36.